The number of carbonyl (C=O) groups is 3. The van der Waals surface area contributed by atoms with Gasteiger partial charge in [0.05, 0.1) is 16.2 Å². The number of aromatic nitrogens is 3. The standard InChI is InChI=1S/C17H15ClN4O2.C8H10O/c1-10-7-8-12(18)14(9-10)19-17(24)16(11(2)23)22-15-6-4-3-5-13(15)20-21-22;1-4-5-6-7(2)8(3)9/h3-9,16H,1-2H3,(H,19,24);4-6H,1-2H2,3H3/b;6-5-. The van der Waals surface area contributed by atoms with E-state index in [1.807, 2.05) is 19.1 Å². The lowest BCUT2D eigenvalue weighted by atomic mass is 10.1. The predicted octanol–water partition coefficient (Wildman–Crippen LogP) is 5.04. The van der Waals surface area contributed by atoms with E-state index in [1.54, 1.807) is 48.6 Å². The first-order valence-corrected chi connectivity index (χ1v) is 10.4. The Kier molecular flexibility index (Phi) is 9.00. The zero-order valence-electron chi connectivity index (χ0n) is 18.7. The average Bonchev–Trinajstić information content (AvgIpc) is 3.18. The molecule has 0 saturated carbocycles. The highest BCUT2D eigenvalue weighted by Gasteiger charge is 2.28. The summed E-state index contributed by atoms with van der Waals surface area (Å²) in [6, 6.07) is 11.3. The van der Waals surface area contributed by atoms with Crippen LogP contribution in [0.5, 0.6) is 0 Å². The van der Waals surface area contributed by atoms with Crippen LogP contribution in [-0.2, 0) is 14.4 Å². The van der Waals surface area contributed by atoms with Crippen molar-refractivity contribution in [1.82, 2.24) is 15.0 Å². The van der Waals surface area contributed by atoms with Crippen LogP contribution in [0.3, 0.4) is 0 Å². The Balaban J connectivity index is 0.000000365. The van der Waals surface area contributed by atoms with Crippen molar-refractivity contribution in [2.24, 2.45) is 0 Å². The smallest absolute Gasteiger partial charge is 0.257 e. The van der Waals surface area contributed by atoms with E-state index >= 15 is 0 Å². The fourth-order valence-corrected chi connectivity index (χ4v) is 2.95. The number of Topliss-reactive ketones (excluding diaryl/α,β-unsaturated/α-hetero) is 2. The number of benzene rings is 2. The second kappa shape index (κ2) is 11.7. The van der Waals surface area contributed by atoms with Crippen LogP contribution in [0.25, 0.3) is 11.0 Å². The van der Waals surface area contributed by atoms with Gasteiger partial charge in [-0.2, -0.15) is 0 Å². The molecule has 0 radical (unpaired) electrons. The van der Waals surface area contributed by atoms with Gasteiger partial charge >= 0.3 is 0 Å². The van der Waals surface area contributed by atoms with E-state index in [9.17, 15) is 14.4 Å². The summed E-state index contributed by atoms with van der Waals surface area (Å²) in [5.74, 6) is -0.856. The number of hydrogen-bond donors (Lipinski definition) is 1. The maximum atomic E-state index is 12.7. The molecule has 0 bridgehead atoms. The Hall–Kier alpha value is -3.84. The monoisotopic (exact) mass is 464 g/mol. The number of nitrogens with zero attached hydrogens (tertiary/aromatic N) is 3. The topological polar surface area (TPSA) is 94.0 Å². The summed E-state index contributed by atoms with van der Waals surface area (Å²) in [6.45, 7) is 11.7. The molecule has 33 heavy (non-hydrogen) atoms. The maximum absolute atomic E-state index is 12.7. The minimum absolute atomic E-state index is 0.00639. The summed E-state index contributed by atoms with van der Waals surface area (Å²) < 4.78 is 1.33. The first-order chi connectivity index (χ1) is 15.6. The van der Waals surface area contributed by atoms with Crippen molar-refractivity contribution < 1.29 is 14.4 Å². The molecule has 0 aliphatic rings. The molecule has 0 saturated heterocycles. The third kappa shape index (κ3) is 6.82. The zero-order valence-corrected chi connectivity index (χ0v) is 19.5. The van der Waals surface area contributed by atoms with Crippen LogP contribution in [0.15, 0.2) is 79.4 Å². The number of halogens is 1. The number of nitrogens with one attached hydrogen (secondary N) is 1. The van der Waals surface area contributed by atoms with E-state index < -0.39 is 11.9 Å². The number of allylic oxidation sites excluding steroid dienone is 4. The summed E-state index contributed by atoms with van der Waals surface area (Å²) in [4.78, 5) is 35.2. The number of amides is 1. The second-order valence-electron chi connectivity index (χ2n) is 7.18. The van der Waals surface area contributed by atoms with Crippen molar-refractivity contribution in [3.8, 4) is 0 Å². The minimum atomic E-state index is -1.12. The number of hydrogen-bond acceptors (Lipinski definition) is 5. The Morgan fingerprint density at radius 3 is 2.48 bits per heavy atom. The molecule has 7 nitrogen and oxygen atoms in total. The molecule has 1 heterocycles. The quantitative estimate of drug-likeness (QED) is 0.300. The van der Waals surface area contributed by atoms with Gasteiger partial charge in [0.1, 0.15) is 5.52 Å². The number of rotatable bonds is 7. The summed E-state index contributed by atoms with van der Waals surface area (Å²) in [5.41, 5.74) is 3.14. The lowest BCUT2D eigenvalue weighted by Gasteiger charge is -2.16. The molecule has 1 atom stereocenters. The molecule has 0 spiro atoms. The Labute approximate surface area is 197 Å². The minimum Gasteiger partial charge on any atom is -0.322 e. The fourth-order valence-electron chi connectivity index (χ4n) is 2.78. The van der Waals surface area contributed by atoms with Crippen LogP contribution in [-0.4, -0.2) is 32.5 Å². The molecule has 1 N–H and O–H groups in total. The third-order valence-electron chi connectivity index (χ3n) is 4.52. The van der Waals surface area contributed by atoms with Gasteiger partial charge < -0.3 is 5.32 Å². The first-order valence-electron chi connectivity index (χ1n) is 10.0. The number of anilines is 1. The number of para-hydroxylation sites is 1. The molecule has 170 valence electrons. The summed E-state index contributed by atoms with van der Waals surface area (Å²) in [6.07, 6.45) is 4.92. The summed E-state index contributed by atoms with van der Waals surface area (Å²) >= 11 is 6.11. The van der Waals surface area contributed by atoms with E-state index in [2.05, 4.69) is 28.8 Å². The van der Waals surface area contributed by atoms with E-state index in [4.69, 9.17) is 11.6 Å². The van der Waals surface area contributed by atoms with Crippen LogP contribution in [0.2, 0.25) is 5.02 Å². The van der Waals surface area contributed by atoms with Gasteiger partial charge in [0.15, 0.2) is 17.6 Å². The lowest BCUT2D eigenvalue weighted by Crippen LogP contribution is -2.32. The molecular formula is C25H25ClN4O3. The first kappa shape index (κ1) is 25.4. The molecule has 8 heteroatoms. The van der Waals surface area contributed by atoms with Gasteiger partial charge in [-0.05, 0) is 50.6 Å². The number of carbonyl (C=O) groups excluding carboxylic acids is 3. The Morgan fingerprint density at radius 1 is 1.15 bits per heavy atom. The van der Waals surface area contributed by atoms with Crippen molar-refractivity contribution in [1.29, 1.82) is 0 Å². The molecule has 0 aliphatic carbocycles. The average molecular weight is 465 g/mol. The molecule has 0 fully saturated rings. The Bertz CT molecular complexity index is 1240. The van der Waals surface area contributed by atoms with Crippen LogP contribution in [0.1, 0.15) is 25.5 Å². The Morgan fingerprint density at radius 2 is 1.85 bits per heavy atom. The second-order valence-corrected chi connectivity index (χ2v) is 7.59. The molecule has 1 amide bonds. The normalized spacial score (nSPS) is 11.4. The van der Waals surface area contributed by atoms with Crippen molar-refractivity contribution >= 4 is 45.8 Å². The van der Waals surface area contributed by atoms with E-state index in [1.165, 1.54) is 18.5 Å². The molecule has 1 unspecified atom stereocenters. The van der Waals surface area contributed by atoms with Gasteiger partial charge in [-0.25, -0.2) is 4.68 Å². The highest BCUT2D eigenvalue weighted by atomic mass is 35.5. The molecule has 3 aromatic rings. The van der Waals surface area contributed by atoms with Crippen LogP contribution in [0.4, 0.5) is 5.69 Å². The molecule has 3 rings (SSSR count). The largest absolute Gasteiger partial charge is 0.322 e. The van der Waals surface area contributed by atoms with Crippen molar-refractivity contribution in [3.05, 3.63) is 90.0 Å². The van der Waals surface area contributed by atoms with Crippen LogP contribution < -0.4 is 5.32 Å². The molecule has 1 aromatic heterocycles. The van der Waals surface area contributed by atoms with Crippen molar-refractivity contribution in [3.63, 3.8) is 0 Å². The fraction of sp³-hybridized carbons (Fsp3) is 0.160. The number of ketones is 2. The zero-order chi connectivity index (χ0) is 24.5. The maximum Gasteiger partial charge on any atom is 0.257 e. The summed E-state index contributed by atoms with van der Waals surface area (Å²) in [7, 11) is 0. The van der Waals surface area contributed by atoms with Gasteiger partial charge in [-0.1, -0.05) is 66.4 Å². The lowest BCUT2D eigenvalue weighted by molar-refractivity contribution is -0.129. The predicted molar refractivity (Wildman–Crippen MR) is 131 cm³/mol. The van der Waals surface area contributed by atoms with Gasteiger partial charge in [0.25, 0.3) is 5.91 Å². The van der Waals surface area contributed by atoms with Gasteiger partial charge in [0.2, 0.25) is 0 Å². The third-order valence-corrected chi connectivity index (χ3v) is 4.85. The van der Waals surface area contributed by atoms with Crippen molar-refractivity contribution in [2.45, 2.75) is 26.8 Å². The van der Waals surface area contributed by atoms with Crippen molar-refractivity contribution in [2.75, 3.05) is 5.32 Å². The number of fused-ring (bicyclic) bond motifs is 1. The van der Waals surface area contributed by atoms with Crippen LogP contribution in [0, 0.1) is 6.92 Å². The van der Waals surface area contributed by atoms with E-state index in [0.29, 0.717) is 27.3 Å². The molecule has 2 aromatic carbocycles. The molecule has 0 aliphatic heterocycles. The number of aryl methyl sites for hydroxylation is 1. The van der Waals surface area contributed by atoms with E-state index in [-0.39, 0.29) is 11.6 Å². The summed E-state index contributed by atoms with van der Waals surface area (Å²) in [5, 5.41) is 11.1. The van der Waals surface area contributed by atoms with Gasteiger partial charge in [-0.15, -0.1) is 5.10 Å². The molecular weight excluding hydrogens is 440 g/mol. The highest BCUT2D eigenvalue weighted by Crippen LogP contribution is 2.25. The highest BCUT2D eigenvalue weighted by molar-refractivity contribution is 6.33. The van der Waals surface area contributed by atoms with E-state index in [0.717, 1.165) is 5.56 Å². The van der Waals surface area contributed by atoms with Crippen LogP contribution >= 0.6 is 11.6 Å². The van der Waals surface area contributed by atoms with Gasteiger partial charge in [0, 0.05) is 5.57 Å². The van der Waals surface area contributed by atoms with Gasteiger partial charge in [-0.3, -0.25) is 14.4 Å². The SMILES string of the molecule is C=C/C=C\C(=C)C(C)=O.CC(=O)C(C(=O)Nc1cc(C)ccc1Cl)n1nnc2ccccc21.